The smallest absolute Gasteiger partial charge is 0.263 e. The van der Waals surface area contributed by atoms with Gasteiger partial charge in [0.15, 0.2) is 0 Å². The van der Waals surface area contributed by atoms with Crippen LogP contribution in [0, 0.1) is 0 Å². The van der Waals surface area contributed by atoms with Gasteiger partial charge in [-0.05, 0) is 43.2 Å². The van der Waals surface area contributed by atoms with Crippen molar-refractivity contribution in [2.45, 2.75) is 75.7 Å². The molecule has 0 spiro atoms. The molecule has 0 heterocycles. The fourth-order valence-electron chi connectivity index (χ4n) is 4.55. The summed E-state index contributed by atoms with van der Waals surface area (Å²) in [6.07, 6.45) is 4.75. The summed E-state index contributed by atoms with van der Waals surface area (Å²) < 4.78 is 27.2. The molecule has 0 saturated heterocycles. The average molecular weight is 385 g/mol. The molecular formula is C24H30F2N2. The SMILES string of the molecule is FC1(F)CCC1NC1CCC(N(Cc2ccccc2)Cc2ccccc2)CC1. The molecule has 2 aromatic carbocycles. The van der Waals surface area contributed by atoms with Gasteiger partial charge in [-0.3, -0.25) is 4.90 Å². The molecule has 1 atom stereocenters. The Morgan fingerprint density at radius 1 is 0.786 bits per heavy atom. The van der Waals surface area contributed by atoms with Crippen LogP contribution in [0.25, 0.3) is 0 Å². The largest absolute Gasteiger partial charge is 0.306 e. The highest BCUT2D eigenvalue weighted by molar-refractivity contribution is 5.17. The summed E-state index contributed by atoms with van der Waals surface area (Å²) in [7, 11) is 0. The first-order valence-corrected chi connectivity index (χ1v) is 10.6. The van der Waals surface area contributed by atoms with Gasteiger partial charge in [0.2, 0.25) is 0 Å². The van der Waals surface area contributed by atoms with Crippen molar-refractivity contribution in [1.29, 1.82) is 0 Å². The third-order valence-electron chi connectivity index (χ3n) is 6.38. The van der Waals surface area contributed by atoms with Gasteiger partial charge in [0, 0.05) is 31.6 Å². The zero-order valence-electron chi connectivity index (χ0n) is 16.4. The first kappa shape index (κ1) is 19.5. The van der Waals surface area contributed by atoms with E-state index in [2.05, 4.69) is 70.9 Å². The lowest BCUT2D eigenvalue weighted by Crippen LogP contribution is -2.57. The number of hydrogen-bond donors (Lipinski definition) is 1. The standard InChI is InChI=1S/C24H30F2N2/c25-24(26)16-15-23(24)27-21-11-13-22(14-12-21)28(17-19-7-3-1-4-8-19)18-20-9-5-2-6-10-20/h1-10,21-23,27H,11-18H2. The number of rotatable bonds is 7. The van der Waals surface area contributed by atoms with Crippen LogP contribution in [0.4, 0.5) is 8.78 Å². The van der Waals surface area contributed by atoms with Gasteiger partial charge in [-0.2, -0.15) is 0 Å². The van der Waals surface area contributed by atoms with Crippen molar-refractivity contribution in [3.8, 4) is 0 Å². The molecule has 0 radical (unpaired) electrons. The Balaban J connectivity index is 1.37. The van der Waals surface area contributed by atoms with E-state index in [9.17, 15) is 8.78 Å². The van der Waals surface area contributed by atoms with E-state index in [1.807, 2.05) is 0 Å². The predicted octanol–water partition coefficient (Wildman–Crippen LogP) is 5.39. The topological polar surface area (TPSA) is 15.3 Å². The van der Waals surface area contributed by atoms with Crippen LogP contribution in [0.15, 0.2) is 60.7 Å². The number of alkyl halides is 2. The van der Waals surface area contributed by atoms with E-state index in [0.29, 0.717) is 12.5 Å². The molecule has 1 N–H and O–H groups in total. The molecule has 2 fully saturated rings. The zero-order chi connectivity index (χ0) is 19.4. The second-order valence-corrected chi connectivity index (χ2v) is 8.40. The monoisotopic (exact) mass is 384 g/mol. The molecule has 0 aromatic heterocycles. The van der Waals surface area contributed by atoms with Gasteiger partial charge in [-0.1, -0.05) is 60.7 Å². The van der Waals surface area contributed by atoms with Crippen LogP contribution >= 0.6 is 0 Å². The van der Waals surface area contributed by atoms with Crippen LogP contribution in [0.3, 0.4) is 0 Å². The first-order chi connectivity index (χ1) is 13.6. The molecule has 1 unspecified atom stereocenters. The van der Waals surface area contributed by atoms with Crippen molar-refractivity contribution < 1.29 is 8.78 Å². The summed E-state index contributed by atoms with van der Waals surface area (Å²) in [6, 6.07) is 21.4. The molecule has 28 heavy (non-hydrogen) atoms. The van der Waals surface area contributed by atoms with Crippen molar-refractivity contribution in [2.75, 3.05) is 0 Å². The molecule has 0 aliphatic heterocycles. The van der Waals surface area contributed by atoms with E-state index in [0.717, 1.165) is 38.8 Å². The summed E-state index contributed by atoms with van der Waals surface area (Å²) in [6.45, 7) is 1.86. The molecule has 0 bridgehead atoms. The molecule has 2 aromatic rings. The molecule has 2 aliphatic carbocycles. The summed E-state index contributed by atoms with van der Waals surface area (Å²) in [5, 5.41) is 3.24. The molecule has 4 rings (SSSR count). The minimum Gasteiger partial charge on any atom is -0.306 e. The van der Waals surface area contributed by atoms with Crippen LogP contribution in [0.1, 0.15) is 49.7 Å². The van der Waals surface area contributed by atoms with Crippen LogP contribution < -0.4 is 5.32 Å². The number of halogens is 2. The van der Waals surface area contributed by atoms with Crippen LogP contribution in [0.2, 0.25) is 0 Å². The predicted molar refractivity (Wildman–Crippen MR) is 109 cm³/mol. The van der Waals surface area contributed by atoms with Crippen molar-refractivity contribution in [3.05, 3.63) is 71.8 Å². The van der Waals surface area contributed by atoms with E-state index in [1.54, 1.807) is 0 Å². The van der Waals surface area contributed by atoms with E-state index >= 15 is 0 Å². The molecule has 2 nitrogen and oxygen atoms in total. The Labute approximate surface area is 166 Å². The summed E-state index contributed by atoms with van der Waals surface area (Å²) in [5.74, 6) is -2.50. The van der Waals surface area contributed by atoms with Gasteiger partial charge in [-0.25, -0.2) is 8.78 Å². The second kappa shape index (κ2) is 8.71. The van der Waals surface area contributed by atoms with Crippen molar-refractivity contribution in [3.63, 3.8) is 0 Å². The van der Waals surface area contributed by atoms with Gasteiger partial charge in [0.1, 0.15) is 0 Å². The van der Waals surface area contributed by atoms with Crippen LogP contribution in [0.5, 0.6) is 0 Å². The third kappa shape index (κ3) is 4.79. The highest BCUT2D eigenvalue weighted by Gasteiger charge is 2.48. The maximum absolute atomic E-state index is 13.6. The third-order valence-corrected chi connectivity index (χ3v) is 6.38. The molecule has 150 valence electrons. The van der Waals surface area contributed by atoms with Crippen molar-refractivity contribution >= 4 is 0 Å². The highest BCUT2D eigenvalue weighted by atomic mass is 19.3. The fraction of sp³-hybridized carbons (Fsp3) is 0.500. The maximum atomic E-state index is 13.6. The lowest BCUT2D eigenvalue weighted by molar-refractivity contribution is -0.110. The Bertz CT molecular complexity index is 685. The molecule has 4 heteroatoms. The summed E-state index contributed by atoms with van der Waals surface area (Å²) in [4.78, 5) is 2.57. The highest BCUT2D eigenvalue weighted by Crippen LogP contribution is 2.38. The first-order valence-electron chi connectivity index (χ1n) is 10.6. The number of benzene rings is 2. The van der Waals surface area contributed by atoms with E-state index < -0.39 is 12.0 Å². The second-order valence-electron chi connectivity index (χ2n) is 8.40. The van der Waals surface area contributed by atoms with Crippen LogP contribution in [-0.2, 0) is 13.1 Å². The molecule has 0 amide bonds. The van der Waals surface area contributed by atoms with E-state index in [1.165, 1.54) is 11.1 Å². The number of nitrogens with one attached hydrogen (secondary N) is 1. The van der Waals surface area contributed by atoms with Gasteiger partial charge in [0.25, 0.3) is 5.92 Å². The van der Waals surface area contributed by atoms with Gasteiger partial charge in [0.05, 0.1) is 6.04 Å². The molecule has 2 saturated carbocycles. The average Bonchev–Trinajstić information content (AvgIpc) is 2.73. The number of hydrogen-bond acceptors (Lipinski definition) is 2. The lowest BCUT2D eigenvalue weighted by Gasteiger charge is -2.42. The number of nitrogens with zero attached hydrogens (tertiary/aromatic N) is 1. The lowest BCUT2D eigenvalue weighted by atomic mass is 9.84. The van der Waals surface area contributed by atoms with Crippen molar-refractivity contribution in [1.82, 2.24) is 10.2 Å². The Hall–Kier alpha value is -1.78. The summed E-state index contributed by atoms with van der Waals surface area (Å²) in [5.41, 5.74) is 2.65. The normalized spacial score (nSPS) is 26.8. The fourth-order valence-corrected chi connectivity index (χ4v) is 4.55. The van der Waals surface area contributed by atoms with Gasteiger partial charge >= 0.3 is 0 Å². The van der Waals surface area contributed by atoms with Gasteiger partial charge < -0.3 is 5.32 Å². The molecule has 2 aliphatic rings. The maximum Gasteiger partial charge on any atom is 0.263 e. The quantitative estimate of drug-likeness (QED) is 0.689. The van der Waals surface area contributed by atoms with Crippen molar-refractivity contribution in [2.24, 2.45) is 0 Å². The van der Waals surface area contributed by atoms with E-state index in [4.69, 9.17) is 0 Å². The Morgan fingerprint density at radius 3 is 1.75 bits per heavy atom. The molecular weight excluding hydrogens is 354 g/mol. The van der Waals surface area contributed by atoms with E-state index in [-0.39, 0.29) is 12.5 Å². The minimum atomic E-state index is -2.50. The minimum absolute atomic E-state index is 0.0436. The van der Waals surface area contributed by atoms with Gasteiger partial charge in [-0.15, -0.1) is 0 Å². The Morgan fingerprint density at radius 2 is 1.32 bits per heavy atom. The zero-order valence-corrected chi connectivity index (χ0v) is 16.4. The van der Waals surface area contributed by atoms with Crippen LogP contribution in [-0.4, -0.2) is 28.9 Å². The summed E-state index contributed by atoms with van der Waals surface area (Å²) >= 11 is 0. The Kier molecular flexibility index (Phi) is 6.07.